The largest absolute Gasteiger partial charge is 0.305 e. The van der Waals surface area contributed by atoms with Crippen LogP contribution in [0.25, 0.3) is 0 Å². The number of hydrogen-bond acceptors (Lipinski definition) is 1. The maximum atomic E-state index is 2.45. The number of nitrogens with zero attached hydrogens (tertiary/aromatic N) is 1. The lowest BCUT2D eigenvalue weighted by molar-refractivity contribution is 0.402. The highest BCUT2D eigenvalue weighted by Gasteiger charge is 2.47. The lowest BCUT2D eigenvalue weighted by Crippen LogP contribution is -2.40. The van der Waals surface area contributed by atoms with Gasteiger partial charge in [0, 0.05) is 6.54 Å². The van der Waals surface area contributed by atoms with Gasteiger partial charge in [0.15, 0.2) is 0 Å². The molecule has 0 amide bonds. The van der Waals surface area contributed by atoms with Crippen LogP contribution in [0.3, 0.4) is 0 Å². The maximum Gasteiger partial charge on any atom is 0.0712 e. The minimum absolute atomic E-state index is 0.244. The van der Waals surface area contributed by atoms with Crippen molar-refractivity contribution in [2.24, 2.45) is 0 Å². The van der Waals surface area contributed by atoms with E-state index in [1.807, 2.05) is 0 Å². The molecule has 4 aromatic carbocycles. The summed E-state index contributed by atoms with van der Waals surface area (Å²) >= 11 is 0. The maximum absolute atomic E-state index is 2.45. The monoisotopic (exact) mass is 401 g/mol. The summed E-state index contributed by atoms with van der Waals surface area (Å²) in [5, 5.41) is 0. The SMILES string of the molecule is CN(C)Cc1ccc2c(c1)Cc1ccccc1C21c2ccccc2Cc2ccccc21. The average molecular weight is 402 g/mol. The van der Waals surface area contributed by atoms with Crippen LogP contribution in [0.4, 0.5) is 0 Å². The second kappa shape index (κ2) is 6.93. The summed E-state index contributed by atoms with van der Waals surface area (Å²) in [6.45, 7) is 0.967. The Hall–Kier alpha value is -3.16. The number of fused-ring (bicyclic) bond motifs is 8. The molecule has 1 nitrogen and oxygen atoms in total. The van der Waals surface area contributed by atoms with Crippen molar-refractivity contribution < 1.29 is 0 Å². The van der Waals surface area contributed by atoms with Crippen LogP contribution in [0.5, 0.6) is 0 Å². The van der Waals surface area contributed by atoms with Gasteiger partial charge in [0.05, 0.1) is 5.41 Å². The van der Waals surface area contributed by atoms with E-state index in [4.69, 9.17) is 0 Å². The van der Waals surface area contributed by atoms with E-state index in [0.717, 1.165) is 19.4 Å². The Kier molecular flexibility index (Phi) is 4.16. The molecule has 0 aromatic heterocycles. The third-order valence-electron chi connectivity index (χ3n) is 7.10. The van der Waals surface area contributed by atoms with Gasteiger partial charge in [-0.05, 0) is 77.0 Å². The number of hydrogen-bond donors (Lipinski definition) is 0. The van der Waals surface area contributed by atoms with Crippen molar-refractivity contribution in [1.82, 2.24) is 4.90 Å². The van der Waals surface area contributed by atoms with E-state index in [1.165, 1.54) is 50.1 Å². The molecule has 0 unspecified atom stereocenters. The summed E-state index contributed by atoms with van der Waals surface area (Å²) in [6, 6.07) is 34.5. The molecule has 0 radical (unpaired) electrons. The lowest BCUT2D eigenvalue weighted by atomic mass is 9.55. The van der Waals surface area contributed by atoms with E-state index in [2.05, 4.69) is 110 Å². The molecule has 4 aromatic rings. The minimum atomic E-state index is -0.244. The van der Waals surface area contributed by atoms with Crippen LogP contribution in [0.2, 0.25) is 0 Å². The third-order valence-corrected chi connectivity index (χ3v) is 7.10. The van der Waals surface area contributed by atoms with E-state index in [9.17, 15) is 0 Å². The zero-order valence-corrected chi connectivity index (χ0v) is 18.2. The molecular weight excluding hydrogens is 374 g/mol. The summed E-state index contributed by atoms with van der Waals surface area (Å²) in [5.74, 6) is 0. The van der Waals surface area contributed by atoms with Crippen LogP contribution in [-0.2, 0) is 24.8 Å². The molecule has 0 atom stereocenters. The van der Waals surface area contributed by atoms with Gasteiger partial charge in [0.25, 0.3) is 0 Å². The van der Waals surface area contributed by atoms with Crippen LogP contribution in [-0.4, -0.2) is 19.0 Å². The molecule has 0 aliphatic heterocycles. The first-order valence-corrected chi connectivity index (χ1v) is 11.2. The third kappa shape index (κ3) is 2.66. The Bertz CT molecular complexity index is 1230. The summed E-state index contributed by atoms with van der Waals surface area (Å²) in [5.41, 5.74) is 12.7. The van der Waals surface area contributed by atoms with E-state index in [1.54, 1.807) is 0 Å². The number of rotatable bonds is 2. The first-order valence-electron chi connectivity index (χ1n) is 11.2. The van der Waals surface area contributed by atoms with Gasteiger partial charge in [0.2, 0.25) is 0 Å². The van der Waals surface area contributed by atoms with Crippen LogP contribution >= 0.6 is 0 Å². The Balaban J connectivity index is 1.74. The normalized spacial score (nSPS) is 15.2. The lowest BCUT2D eigenvalue weighted by Gasteiger charge is -2.46. The topological polar surface area (TPSA) is 3.24 Å². The van der Waals surface area contributed by atoms with Gasteiger partial charge in [-0.2, -0.15) is 0 Å². The van der Waals surface area contributed by atoms with Crippen molar-refractivity contribution in [3.05, 3.63) is 141 Å². The quantitative estimate of drug-likeness (QED) is 0.347. The van der Waals surface area contributed by atoms with Crippen molar-refractivity contribution in [3.63, 3.8) is 0 Å². The Morgan fingerprint density at radius 2 is 1.03 bits per heavy atom. The van der Waals surface area contributed by atoms with Crippen molar-refractivity contribution in [2.45, 2.75) is 24.8 Å². The zero-order chi connectivity index (χ0) is 21.0. The molecule has 0 saturated heterocycles. The second-order valence-electron chi connectivity index (χ2n) is 9.30. The van der Waals surface area contributed by atoms with Gasteiger partial charge < -0.3 is 4.90 Å². The van der Waals surface area contributed by atoms with Crippen LogP contribution in [0, 0.1) is 0 Å². The van der Waals surface area contributed by atoms with Gasteiger partial charge in [0.1, 0.15) is 0 Å². The van der Waals surface area contributed by atoms with E-state index in [-0.39, 0.29) is 5.41 Å². The summed E-state index contributed by atoms with van der Waals surface area (Å²) in [6.07, 6.45) is 2.00. The average Bonchev–Trinajstić information content (AvgIpc) is 2.78. The fourth-order valence-corrected chi connectivity index (χ4v) is 6.02. The molecular formula is C30H27N. The van der Waals surface area contributed by atoms with E-state index < -0.39 is 0 Å². The van der Waals surface area contributed by atoms with Crippen LogP contribution < -0.4 is 0 Å². The Morgan fingerprint density at radius 1 is 0.581 bits per heavy atom. The van der Waals surface area contributed by atoms with Crippen molar-refractivity contribution in [2.75, 3.05) is 14.1 Å². The Morgan fingerprint density at radius 3 is 1.55 bits per heavy atom. The fourth-order valence-electron chi connectivity index (χ4n) is 6.02. The molecule has 2 aliphatic rings. The summed E-state index contributed by atoms with van der Waals surface area (Å²) in [4.78, 5) is 2.25. The molecule has 0 N–H and O–H groups in total. The first kappa shape index (κ1) is 18.6. The van der Waals surface area contributed by atoms with Gasteiger partial charge in [-0.1, -0.05) is 91.0 Å². The van der Waals surface area contributed by atoms with Crippen molar-refractivity contribution in [3.8, 4) is 0 Å². The highest BCUT2D eigenvalue weighted by atomic mass is 15.0. The fraction of sp³-hybridized carbons (Fsp3) is 0.200. The smallest absolute Gasteiger partial charge is 0.0712 e. The molecule has 0 heterocycles. The molecule has 1 spiro atoms. The van der Waals surface area contributed by atoms with E-state index in [0.29, 0.717) is 0 Å². The first-order chi connectivity index (χ1) is 15.2. The number of benzene rings is 4. The standard InChI is InChI=1S/C30H27N/c1-31(2)20-21-15-16-29-25(17-21)19-24-11-5-8-14-28(24)30(29)26-12-6-3-9-22(26)18-23-10-4-7-13-27(23)30/h3-17H,18-20H2,1-2H3. The molecule has 0 saturated carbocycles. The highest BCUT2D eigenvalue weighted by molar-refractivity contribution is 5.71. The Labute approximate surface area is 185 Å². The molecule has 152 valence electrons. The molecule has 31 heavy (non-hydrogen) atoms. The van der Waals surface area contributed by atoms with Gasteiger partial charge >= 0.3 is 0 Å². The summed E-state index contributed by atoms with van der Waals surface area (Å²) in [7, 11) is 4.29. The van der Waals surface area contributed by atoms with Crippen LogP contribution in [0.15, 0.2) is 91.0 Å². The van der Waals surface area contributed by atoms with Crippen molar-refractivity contribution >= 4 is 0 Å². The zero-order valence-electron chi connectivity index (χ0n) is 18.2. The molecule has 0 bridgehead atoms. The van der Waals surface area contributed by atoms with E-state index >= 15 is 0 Å². The predicted octanol–water partition coefficient (Wildman–Crippen LogP) is 5.94. The van der Waals surface area contributed by atoms with Crippen molar-refractivity contribution in [1.29, 1.82) is 0 Å². The van der Waals surface area contributed by atoms with Gasteiger partial charge in [-0.15, -0.1) is 0 Å². The second-order valence-corrected chi connectivity index (χ2v) is 9.30. The predicted molar refractivity (Wildman–Crippen MR) is 128 cm³/mol. The summed E-state index contributed by atoms with van der Waals surface area (Å²) < 4.78 is 0. The van der Waals surface area contributed by atoms with Crippen LogP contribution in [0.1, 0.15) is 50.1 Å². The highest BCUT2D eigenvalue weighted by Crippen LogP contribution is 2.54. The molecule has 1 heteroatoms. The molecule has 2 aliphatic carbocycles. The molecule has 0 fully saturated rings. The van der Waals surface area contributed by atoms with Gasteiger partial charge in [-0.25, -0.2) is 0 Å². The molecule has 6 rings (SSSR count). The minimum Gasteiger partial charge on any atom is -0.305 e. The van der Waals surface area contributed by atoms with Gasteiger partial charge in [-0.3, -0.25) is 0 Å².